The Morgan fingerprint density at radius 3 is 2.67 bits per heavy atom. The molecule has 0 radical (unpaired) electrons. The number of hydrogen-bond acceptors (Lipinski definition) is 6. The fourth-order valence-electron chi connectivity index (χ4n) is 2.73. The van der Waals surface area contributed by atoms with E-state index in [1.807, 2.05) is 0 Å². The topological polar surface area (TPSA) is 103 Å². The summed E-state index contributed by atoms with van der Waals surface area (Å²) in [6, 6.07) is 8.45. The number of carbonyl (C=O) groups is 2. The zero-order valence-corrected chi connectivity index (χ0v) is 17.8. The van der Waals surface area contributed by atoms with E-state index in [2.05, 4.69) is 15.3 Å². The van der Waals surface area contributed by atoms with Crippen molar-refractivity contribution in [3.63, 3.8) is 0 Å². The summed E-state index contributed by atoms with van der Waals surface area (Å²) in [5, 5.41) is 3.53. The highest BCUT2D eigenvalue weighted by Crippen LogP contribution is 2.25. The predicted molar refractivity (Wildman–Crippen MR) is 114 cm³/mol. The summed E-state index contributed by atoms with van der Waals surface area (Å²) in [5.41, 5.74) is 0.874. The van der Waals surface area contributed by atoms with Gasteiger partial charge in [0.1, 0.15) is 5.82 Å². The number of amides is 1. The molecule has 3 aromatic rings. The molecule has 0 unspecified atom stereocenters. The Bertz CT molecular complexity index is 1190. The number of anilines is 1. The number of pyridine rings is 1. The molecule has 0 fully saturated rings. The lowest BCUT2D eigenvalue weighted by Gasteiger charge is -2.10. The number of benzene rings is 1. The molecule has 0 atom stereocenters. The van der Waals surface area contributed by atoms with Crippen LogP contribution in [-0.4, -0.2) is 33.0 Å². The van der Waals surface area contributed by atoms with Gasteiger partial charge in [0.15, 0.2) is 12.4 Å². The first-order valence-corrected chi connectivity index (χ1v) is 9.74. The van der Waals surface area contributed by atoms with E-state index in [0.717, 1.165) is 0 Å². The van der Waals surface area contributed by atoms with Crippen LogP contribution in [0.4, 0.5) is 5.82 Å². The van der Waals surface area contributed by atoms with Crippen molar-refractivity contribution in [3.05, 3.63) is 62.2 Å². The molecular formula is C20H18Cl2N4O4. The van der Waals surface area contributed by atoms with Crippen LogP contribution < -0.4 is 10.9 Å². The average molecular weight is 449 g/mol. The molecule has 30 heavy (non-hydrogen) atoms. The standard InChI is InChI=1S/C20H18Cl2N4O4/c1-11-13(21)9-14(22)19(23-11)25-17(27)10-30-18(28)8-7-16-24-15-6-4-3-5-12(15)20(29)26(16)2/h3-6,9H,7-8,10H2,1-2H3,(H,23,25,27). The van der Waals surface area contributed by atoms with Gasteiger partial charge in [0, 0.05) is 13.5 Å². The Morgan fingerprint density at radius 1 is 1.17 bits per heavy atom. The number of nitrogens with one attached hydrogen (secondary N) is 1. The van der Waals surface area contributed by atoms with Crippen LogP contribution in [0.1, 0.15) is 17.9 Å². The van der Waals surface area contributed by atoms with Gasteiger partial charge in [0.25, 0.3) is 11.5 Å². The van der Waals surface area contributed by atoms with Gasteiger partial charge in [-0.3, -0.25) is 19.0 Å². The number of nitrogens with zero attached hydrogens (tertiary/aromatic N) is 3. The smallest absolute Gasteiger partial charge is 0.306 e. The van der Waals surface area contributed by atoms with Gasteiger partial charge in [0.05, 0.1) is 33.1 Å². The first-order valence-electron chi connectivity index (χ1n) is 8.99. The second-order valence-corrected chi connectivity index (χ2v) is 7.32. The fraction of sp³-hybridized carbons (Fsp3) is 0.250. The molecule has 8 nitrogen and oxygen atoms in total. The molecule has 1 N–H and O–H groups in total. The number of ether oxygens (including phenoxy) is 1. The number of hydrogen-bond donors (Lipinski definition) is 1. The number of para-hydroxylation sites is 1. The molecule has 2 aromatic heterocycles. The zero-order valence-electron chi connectivity index (χ0n) is 16.2. The summed E-state index contributed by atoms with van der Waals surface area (Å²) in [7, 11) is 1.60. The highest BCUT2D eigenvalue weighted by atomic mass is 35.5. The Kier molecular flexibility index (Phi) is 6.69. The van der Waals surface area contributed by atoms with Crippen LogP contribution in [0.3, 0.4) is 0 Å². The molecule has 10 heteroatoms. The van der Waals surface area contributed by atoms with Crippen LogP contribution in [-0.2, 0) is 27.8 Å². The molecule has 3 rings (SSSR count). The number of rotatable bonds is 6. The lowest BCUT2D eigenvalue weighted by molar-refractivity contribution is -0.147. The number of fused-ring (bicyclic) bond motifs is 1. The third-order valence-electron chi connectivity index (χ3n) is 4.36. The van der Waals surface area contributed by atoms with E-state index in [-0.39, 0.29) is 29.2 Å². The van der Waals surface area contributed by atoms with Gasteiger partial charge >= 0.3 is 5.97 Å². The summed E-state index contributed by atoms with van der Waals surface area (Å²) in [6.45, 7) is 1.17. The van der Waals surface area contributed by atoms with Crippen LogP contribution >= 0.6 is 23.2 Å². The lowest BCUT2D eigenvalue weighted by atomic mass is 10.2. The molecule has 0 bridgehead atoms. The Morgan fingerprint density at radius 2 is 1.90 bits per heavy atom. The first kappa shape index (κ1) is 21.7. The minimum Gasteiger partial charge on any atom is -0.456 e. The fourth-order valence-corrected chi connectivity index (χ4v) is 3.14. The van der Waals surface area contributed by atoms with Gasteiger partial charge in [-0.25, -0.2) is 9.97 Å². The number of aromatic nitrogens is 3. The maximum atomic E-state index is 12.4. The second-order valence-electron chi connectivity index (χ2n) is 6.50. The summed E-state index contributed by atoms with van der Waals surface area (Å²) >= 11 is 11.9. The van der Waals surface area contributed by atoms with Crippen LogP contribution in [0.25, 0.3) is 10.9 Å². The van der Waals surface area contributed by atoms with Gasteiger partial charge in [-0.1, -0.05) is 35.3 Å². The second kappa shape index (κ2) is 9.23. The predicted octanol–water partition coefficient (Wildman–Crippen LogP) is 3.06. The third kappa shape index (κ3) is 4.95. The normalized spacial score (nSPS) is 10.8. The Balaban J connectivity index is 1.56. The van der Waals surface area contributed by atoms with Crippen LogP contribution in [0.5, 0.6) is 0 Å². The minimum atomic E-state index is -0.598. The van der Waals surface area contributed by atoms with Gasteiger partial charge in [0.2, 0.25) is 0 Å². The molecule has 0 saturated carbocycles. The monoisotopic (exact) mass is 448 g/mol. The summed E-state index contributed by atoms with van der Waals surface area (Å²) < 4.78 is 6.39. The molecule has 2 heterocycles. The highest BCUT2D eigenvalue weighted by Gasteiger charge is 2.14. The van der Waals surface area contributed by atoms with Crippen molar-refractivity contribution in [2.75, 3.05) is 11.9 Å². The molecule has 0 spiro atoms. The summed E-state index contributed by atoms with van der Waals surface area (Å²) in [5.74, 6) is -0.600. The van der Waals surface area contributed by atoms with Crippen molar-refractivity contribution in [1.82, 2.24) is 14.5 Å². The van der Waals surface area contributed by atoms with Crippen molar-refractivity contribution in [1.29, 1.82) is 0 Å². The van der Waals surface area contributed by atoms with E-state index in [0.29, 0.717) is 27.4 Å². The lowest BCUT2D eigenvalue weighted by Crippen LogP contribution is -2.24. The van der Waals surface area contributed by atoms with Crippen LogP contribution in [0, 0.1) is 6.92 Å². The Hall–Kier alpha value is -2.97. The zero-order chi connectivity index (χ0) is 21.8. The van der Waals surface area contributed by atoms with Crippen molar-refractivity contribution < 1.29 is 14.3 Å². The molecular weight excluding hydrogens is 431 g/mol. The van der Waals surface area contributed by atoms with E-state index in [1.165, 1.54) is 10.6 Å². The number of carbonyl (C=O) groups excluding carboxylic acids is 2. The number of halogens is 2. The molecule has 0 aliphatic heterocycles. The largest absolute Gasteiger partial charge is 0.456 e. The molecule has 1 amide bonds. The molecule has 0 aliphatic carbocycles. The average Bonchev–Trinajstić information content (AvgIpc) is 2.72. The van der Waals surface area contributed by atoms with Gasteiger partial charge in [-0.15, -0.1) is 0 Å². The maximum Gasteiger partial charge on any atom is 0.306 e. The molecule has 0 saturated heterocycles. The van der Waals surface area contributed by atoms with E-state index in [4.69, 9.17) is 27.9 Å². The highest BCUT2D eigenvalue weighted by molar-refractivity contribution is 6.36. The van der Waals surface area contributed by atoms with Crippen molar-refractivity contribution >= 4 is 51.8 Å². The number of esters is 1. The van der Waals surface area contributed by atoms with Crippen molar-refractivity contribution in [2.45, 2.75) is 19.8 Å². The van der Waals surface area contributed by atoms with E-state index < -0.39 is 18.5 Å². The summed E-state index contributed by atoms with van der Waals surface area (Å²) in [4.78, 5) is 44.9. The van der Waals surface area contributed by atoms with Crippen molar-refractivity contribution in [2.24, 2.45) is 7.05 Å². The van der Waals surface area contributed by atoms with E-state index in [9.17, 15) is 14.4 Å². The van der Waals surface area contributed by atoms with E-state index >= 15 is 0 Å². The van der Waals surface area contributed by atoms with Crippen LogP contribution in [0.15, 0.2) is 35.1 Å². The number of aryl methyl sites for hydroxylation is 2. The first-order chi connectivity index (χ1) is 14.3. The summed E-state index contributed by atoms with van der Waals surface area (Å²) in [6.07, 6.45) is 0.158. The molecule has 1 aromatic carbocycles. The van der Waals surface area contributed by atoms with Gasteiger partial charge < -0.3 is 10.1 Å². The van der Waals surface area contributed by atoms with Gasteiger partial charge in [-0.2, -0.15) is 0 Å². The van der Waals surface area contributed by atoms with Crippen LogP contribution in [0.2, 0.25) is 10.0 Å². The third-order valence-corrected chi connectivity index (χ3v) is 5.03. The molecule has 156 valence electrons. The maximum absolute atomic E-state index is 12.4. The van der Waals surface area contributed by atoms with Gasteiger partial charge in [-0.05, 0) is 25.1 Å². The SMILES string of the molecule is Cc1nc(NC(=O)COC(=O)CCc2nc3ccccc3c(=O)n2C)c(Cl)cc1Cl. The minimum absolute atomic E-state index is 0.0367. The van der Waals surface area contributed by atoms with E-state index in [1.54, 1.807) is 38.2 Å². The van der Waals surface area contributed by atoms with Crippen molar-refractivity contribution in [3.8, 4) is 0 Å². The Labute approximate surface area is 181 Å². The molecule has 0 aliphatic rings. The quantitative estimate of drug-likeness (QED) is 0.581.